The molecule has 0 aliphatic rings. The van der Waals surface area contributed by atoms with Crippen LogP contribution in [0.3, 0.4) is 0 Å². The largest absolute Gasteiger partial charge is 0.328 e. The van der Waals surface area contributed by atoms with Gasteiger partial charge in [-0.3, -0.25) is 9.13 Å². The van der Waals surface area contributed by atoms with Crippen LogP contribution >= 0.6 is 0 Å². The predicted molar refractivity (Wildman–Crippen MR) is 117 cm³/mol. The van der Waals surface area contributed by atoms with Crippen LogP contribution in [0.25, 0.3) is 22.9 Å². The van der Waals surface area contributed by atoms with Gasteiger partial charge in [0.1, 0.15) is 6.33 Å². The Morgan fingerprint density at radius 1 is 1.03 bits per heavy atom. The number of tetrazole rings is 1. The summed E-state index contributed by atoms with van der Waals surface area (Å²) >= 11 is 0. The number of rotatable bonds is 7. The highest BCUT2D eigenvalue weighted by Gasteiger charge is 2.11. The van der Waals surface area contributed by atoms with Crippen LogP contribution in [-0.4, -0.2) is 29.3 Å². The molecule has 2 heterocycles. The minimum atomic E-state index is 0.0151. The third-order valence-corrected chi connectivity index (χ3v) is 5.05. The topological polar surface area (TPSA) is 70.5 Å². The van der Waals surface area contributed by atoms with Gasteiger partial charge < -0.3 is 0 Å². The van der Waals surface area contributed by atoms with Crippen molar-refractivity contribution in [2.24, 2.45) is 0 Å². The Hall–Kier alpha value is -3.74. The lowest BCUT2D eigenvalue weighted by Gasteiger charge is -2.10. The van der Waals surface area contributed by atoms with Crippen molar-refractivity contribution in [3.63, 3.8) is 0 Å². The SMILES string of the molecule is CCC=Cc1cn(CC)c(=O)n1Cc1ccc(-c2ccccc2-n2cnnn2)cc1. The molecule has 0 aliphatic carbocycles. The summed E-state index contributed by atoms with van der Waals surface area (Å²) in [6.07, 6.45) is 8.53. The monoisotopic (exact) mass is 400 g/mol. The van der Waals surface area contributed by atoms with Crippen molar-refractivity contribution in [3.8, 4) is 16.8 Å². The van der Waals surface area contributed by atoms with E-state index < -0.39 is 0 Å². The molecular weight excluding hydrogens is 376 g/mol. The Morgan fingerprint density at radius 2 is 1.83 bits per heavy atom. The van der Waals surface area contributed by atoms with E-state index in [1.54, 1.807) is 15.6 Å². The Kier molecular flexibility index (Phi) is 5.70. The minimum absolute atomic E-state index is 0.0151. The molecule has 30 heavy (non-hydrogen) atoms. The van der Waals surface area contributed by atoms with E-state index in [-0.39, 0.29) is 5.69 Å². The highest BCUT2D eigenvalue weighted by atomic mass is 16.1. The van der Waals surface area contributed by atoms with Crippen molar-refractivity contribution in [1.29, 1.82) is 0 Å². The molecule has 0 fully saturated rings. The second-order valence-corrected chi connectivity index (χ2v) is 6.99. The summed E-state index contributed by atoms with van der Waals surface area (Å²) < 4.78 is 5.22. The van der Waals surface area contributed by atoms with Crippen LogP contribution < -0.4 is 5.69 Å². The number of benzene rings is 2. The normalized spacial score (nSPS) is 11.4. The van der Waals surface area contributed by atoms with E-state index in [1.165, 1.54) is 0 Å². The van der Waals surface area contributed by atoms with Crippen molar-refractivity contribution < 1.29 is 0 Å². The maximum absolute atomic E-state index is 12.7. The summed E-state index contributed by atoms with van der Waals surface area (Å²) in [5.41, 5.74) is 5.03. The lowest BCUT2D eigenvalue weighted by Crippen LogP contribution is -2.24. The number of imidazole rings is 1. The zero-order valence-electron chi connectivity index (χ0n) is 17.1. The van der Waals surface area contributed by atoms with Gasteiger partial charge in [0.15, 0.2) is 0 Å². The van der Waals surface area contributed by atoms with Crippen LogP contribution in [0.2, 0.25) is 0 Å². The molecule has 152 valence electrons. The molecule has 4 rings (SSSR count). The predicted octanol–water partition coefficient (Wildman–Crippen LogP) is 3.78. The van der Waals surface area contributed by atoms with Gasteiger partial charge in [0, 0.05) is 18.3 Å². The Labute approximate surface area is 174 Å². The van der Waals surface area contributed by atoms with Crippen molar-refractivity contribution >= 4 is 6.08 Å². The van der Waals surface area contributed by atoms with Crippen LogP contribution in [-0.2, 0) is 13.1 Å². The molecule has 2 aromatic heterocycles. The fourth-order valence-electron chi connectivity index (χ4n) is 3.47. The standard InChI is InChI=1S/C23H24N6O/c1-3-5-8-20-16-27(4-2)23(30)28(20)15-18-11-13-19(14-12-18)21-9-6-7-10-22(21)29-17-24-25-26-29/h5-14,16-17H,3-4,15H2,1-2H3. The molecule has 0 unspecified atom stereocenters. The van der Waals surface area contributed by atoms with Crippen LogP contribution in [0.5, 0.6) is 0 Å². The van der Waals surface area contributed by atoms with E-state index >= 15 is 0 Å². The van der Waals surface area contributed by atoms with Gasteiger partial charge in [-0.05, 0) is 47.0 Å². The first-order valence-electron chi connectivity index (χ1n) is 10.1. The summed E-state index contributed by atoms with van der Waals surface area (Å²) in [5, 5.41) is 11.5. The fourth-order valence-corrected chi connectivity index (χ4v) is 3.47. The first-order chi connectivity index (χ1) is 14.7. The minimum Gasteiger partial charge on any atom is -0.299 e. The lowest BCUT2D eigenvalue weighted by atomic mass is 10.0. The number of hydrogen-bond acceptors (Lipinski definition) is 4. The summed E-state index contributed by atoms with van der Waals surface area (Å²) in [5.74, 6) is 0. The third kappa shape index (κ3) is 3.87. The highest BCUT2D eigenvalue weighted by molar-refractivity contribution is 5.72. The molecule has 7 nitrogen and oxygen atoms in total. The van der Waals surface area contributed by atoms with Crippen molar-refractivity contribution in [2.45, 2.75) is 33.4 Å². The molecule has 0 aliphatic heterocycles. The summed E-state index contributed by atoms with van der Waals surface area (Å²) in [4.78, 5) is 12.7. The molecule has 0 saturated carbocycles. The van der Waals surface area contributed by atoms with E-state index in [9.17, 15) is 4.79 Å². The van der Waals surface area contributed by atoms with E-state index in [2.05, 4.69) is 52.8 Å². The molecule has 0 saturated heterocycles. The van der Waals surface area contributed by atoms with Crippen LogP contribution in [0.15, 0.2) is 71.9 Å². The van der Waals surface area contributed by atoms with E-state index in [4.69, 9.17) is 0 Å². The summed E-state index contributed by atoms with van der Waals surface area (Å²) in [6.45, 7) is 5.26. The van der Waals surface area contributed by atoms with Gasteiger partial charge in [0.05, 0.1) is 17.9 Å². The molecule has 0 atom stereocenters. The Bertz CT molecular complexity index is 1200. The molecule has 0 spiro atoms. The summed E-state index contributed by atoms with van der Waals surface area (Å²) in [6, 6.07) is 16.3. The van der Waals surface area contributed by atoms with Gasteiger partial charge in [-0.25, -0.2) is 4.79 Å². The highest BCUT2D eigenvalue weighted by Crippen LogP contribution is 2.26. The summed E-state index contributed by atoms with van der Waals surface area (Å²) in [7, 11) is 0. The molecule has 2 aromatic carbocycles. The Balaban J connectivity index is 1.65. The molecular formula is C23H24N6O. The van der Waals surface area contributed by atoms with Gasteiger partial charge >= 0.3 is 5.69 Å². The number of hydrogen-bond donors (Lipinski definition) is 0. The first kappa shape index (κ1) is 19.6. The molecule has 0 bridgehead atoms. The molecule has 0 radical (unpaired) electrons. The molecule has 0 N–H and O–H groups in total. The average Bonchev–Trinajstić information content (AvgIpc) is 3.42. The van der Waals surface area contributed by atoms with Gasteiger partial charge in [0.25, 0.3) is 0 Å². The third-order valence-electron chi connectivity index (χ3n) is 5.05. The maximum Gasteiger partial charge on any atom is 0.328 e. The van der Waals surface area contributed by atoms with Crippen molar-refractivity contribution in [3.05, 3.63) is 88.9 Å². The molecule has 7 heteroatoms. The number of aryl methyl sites for hydroxylation is 1. The fraction of sp³-hybridized carbons (Fsp3) is 0.217. The van der Waals surface area contributed by atoms with Crippen LogP contribution in [0.4, 0.5) is 0 Å². The second-order valence-electron chi connectivity index (χ2n) is 6.99. The van der Waals surface area contributed by atoms with Crippen LogP contribution in [0.1, 0.15) is 31.5 Å². The number of aromatic nitrogens is 6. The lowest BCUT2D eigenvalue weighted by molar-refractivity contribution is 0.667. The first-order valence-corrected chi connectivity index (χ1v) is 10.1. The number of nitrogens with zero attached hydrogens (tertiary/aromatic N) is 6. The second kappa shape index (κ2) is 8.73. The van der Waals surface area contributed by atoms with Gasteiger partial charge in [-0.1, -0.05) is 55.5 Å². The van der Waals surface area contributed by atoms with Crippen LogP contribution in [0, 0.1) is 0 Å². The maximum atomic E-state index is 12.7. The van der Waals surface area contributed by atoms with Gasteiger partial charge in [0.2, 0.25) is 0 Å². The molecule has 0 amide bonds. The van der Waals surface area contributed by atoms with Crippen molar-refractivity contribution in [2.75, 3.05) is 0 Å². The average molecular weight is 400 g/mol. The van der Waals surface area contributed by atoms with E-state index in [1.807, 2.05) is 48.0 Å². The number of allylic oxidation sites excluding steroid dienone is 1. The zero-order chi connectivity index (χ0) is 20.9. The quantitative estimate of drug-likeness (QED) is 0.473. The number of para-hydroxylation sites is 1. The van der Waals surface area contributed by atoms with E-state index in [0.29, 0.717) is 13.1 Å². The van der Waals surface area contributed by atoms with Gasteiger partial charge in [-0.2, -0.15) is 4.68 Å². The zero-order valence-corrected chi connectivity index (χ0v) is 17.1. The van der Waals surface area contributed by atoms with Gasteiger partial charge in [-0.15, -0.1) is 5.10 Å². The Morgan fingerprint density at radius 3 is 2.53 bits per heavy atom. The van der Waals surface area contributed by atoms with Crippen molar-refractivity contribution in [1.82, 2.24) is 29.3 Å². The van der Waals surface area contributed by atoms with E-state index in [0.717, 1.165) is 34.5 Å². The molecule has 4 aromatic rings. The smallest absolute Gasteiger partial charge is 0.299 e.